The van der Waals surface area contributed by atoms with Gasteiger partial charge in [0.25, 0.3) is 0 Å². The van der Waals surface area contributed by atoms with Crippen LogP contribution in [0.3, 0.4) is 0 Å². The molecule has 8 aromatic carbocycles. The lowest BCUT2D eigenvalue weighted by Gasteiger charge is -2.26. The molecule has 1 nitrogen and oxygen atoms in total. The number of anilines is 3. The summed E-state index contributed by atoms with van der Waals surface area (Å²) < 4.78 is 36.8. The van der Waals surface area contributed by atoms with Crippen LogP contribution < -0.4 is 4.90 Å². The Morgan fingerprint density at radius 1 is 0.333 bits per heavy atom. The Kier molecular flexibility index (Phi) is 5.84. The van der Waals surface area contributed by atoms with Gasteiger partial charge in [-0.05, 0) is 97.3 Å². The van der Waals surface area contributed by atoms with Gasteiger partial charge in [-0.2, -0.15) is 0 Å². The van der Waals surface area contributed by atoms with Crippen LogP contribution in [-0.4, -0.2) is 0 Å². The highest BCUT2D eigenvalue weighted by Crippen LogP contribution is 2.39. The van der Waals surface area contributed by atoms with Crippen LogP contribution in [0, 0.1) is 0 Å². The van der Waals surface area contributed by atoms with Gasteiger partial charge in [-0.15, -0.1) is 0 Å². The molecule has 0 aliphatic heterocycles. The predicted molar refractivity (Wildman–Crippen MR) is 192 cm³/mol. The van der Waals surface area contributed by atoms with Crippen molar-refractivity contribution in [1.82, 2.24) is 0 Å². The van der Waals surface area contributed by atoms with E-state index >= 15 is 0 Å². The lowest BCUT2D eigenvalue weighted by atomic mass is 9.97. The van der Waals surface area contributed by atoms with Crippen molar-refractivity contribution in [1.29, 1.82) is 0 Å². The standard InChI is InChI=1S/C44H31N/c1-2-10-32(11-3-1)34-22-26-40(27-23-34)45(41-28-24-35(25-29-41)38-21-20-33-12-4-5-14-37(33)30-38)42-17-8-16-39(31-42)44-19-9-15-36-13-6-7-18-43(36)44/h1-31H/i22D,23D,26D,27D. The molecule has 0 aromatic heterocycles. The first-order valence-corrected chi connectivity index (χ1v) is 15.1. The Labute approximate surface area is 269 Å². The van der Waals surface area contributed by atoms with E-state index in [-0.39, 0.29) is 35.4 Å². The maximum absolute atomic E-state index is 9.30. The minimum absolute atomic E-state index is 0.0785. The Morgan fingerprint density at radius 3 is 1.78 bits per heavy atom. The first-order valence-electron chi connectivity index (χ1n) is 17.1. The molecule has 8 rings (SSSR count). The van der Waals surface area contributed by atoms with E-state index in [0.717, 1.165) is 49.8 Å². The molecule has 0 bridgehead atoms. The third-order valence-corrected chi connectivity index (χ3v) is 8.31. The van der Waals surface area contributed by atoms with Gasteiger partial charge in [-0.3, -0.25) is 0 Å². The number of benzene rings is 8. The van der Waals surface area contributed by atoms with Crippen molar-refractivity contribution in [3.05, 3.63) is 188 Å². The highest BCUT2D eigenvalue weighted by molar-refractivity contribution is 5.97. The molecule has 212 valence electrons. The minimum Gasteiger partial charge on any atom is -0.310 e. The molecule has 0 N–H and O–H groups in total. The highest BCUT2D eigenvalue weighted by Gasteiger charge is 2.15. The first-order chi connectivity index (χ1) is 24.0. The van der Waals surface area contributed by atoms with Crippen LogP contribution in [-0.2, 0) is 0 Å². The molecule has 1 heteroatoms. The van der Waals surface area contributed by atoms with Gasteiger partial charge in [0.15, 0.2) is 0 Å². The van der Waals surface area contributed by atoms with Crippen molar-refractivity contribution >= 4 is 38.6 Å². The molecule has 0 radical (unpaired) electrons. The average Bonchev–Trinajstić information content (AvgIpc) is 3.16. The molecule has 0 amide bonds. The van der Waals surface area contributed by atoms with Crippen molar-refractivity contribution in [2.24, 2.45) is 0 Å². The Morgan fingerprint density at radius 2 is 0.956 bits per heavy atom. The average molecular weight is 578 g/mol. The van der Waals surface area contributed by atoms with Crippen LogP contribution in [0.1, 0.15) is 5.48 Å². The van der Waals surface area contributed by atoms with E-state index in [1.54, 1.807) is 0 Å². The third-order valence-electron chi connectivity index (χ3n) is 8.31. The summed E-state index contributed by atoms with van der Waals surface area (Å²) in [6.07, 6.45) is 0. The van der Waals surface area contributed by atoms with Crippen LogP contribution in [0.25, 0.3) is 54.9 Å². The molecular formula is C44H31N. The largest absolute Gasteiger partial charge is 0.310 e. The summed E-state index contributed by atoms with van der Waals surface area (Å²) in [5.74, 6) is 0. The molecule has 0 spiro atoms. The van der Waals surface area contributed by atoms with Gasteiger partial charge in [-0.25, -0.2) is 0 Å². The SMILES string of the molecule is [2H]c1c([2H])c(N(c2ccc(-c3ccc4ccccc4c3)cc2)c2cccc(-c3cccc4ccccc34)c2)c([2H])c([2H])c1-c1ccccc1. The molecule has 0 heterocycles. The second-order valence-electron chi connectivity index (χ2n) is 11.1. The molecule has 45 heavy (non-hydrogen) atoms. The summed E-state index contributed by atoms with van der Waals surface area (Å²) in [6.45, 7) is 0. The summed E-state index contributed by atoms with van der Waals surface area (Å²) in [6, 6.07) is 54.3. The maximum Gasteiger partial charge on any atom is 0.0645 e. The Hall–Kier alpha value is -5.92. The molecular weight excluding hydrogens is 542 g/mol. The minimum atomic E-state index is -0.103. The van der Waals surface area contributed by atoms with Gasteiger partial charge in [-0.1, -0.05) is 146 Å². The van der Waals surface area contributed by atoms with Gasteiger partial charge < -0.3 is 4.90 Å². The van der Waals surface area contributed by atoms with Gasteiger partial charge >= 0.3 is 0 Å². The predicted octanol–water partition coefficient (Wildman–Crippen LogP) is 12.5. The molecule has 0 atom stereocenters. The van der Waals surface area contributed by atoms with Crippen LogP contribution in [0.4, 0.5) is 17.1 Å². The third kappa shape index (κ3) is 5.26. The topological polar surface area (TPSA) is 3.24 Å². The fourth-order valence-electron chi connectivity index (χ4n) is 6.04. The number of hydrogen-bond acceptors (Lipinski definition) is 1. The summed E-state index contributed by atoms with van der Waals surface area (Å²) in [5, 5.41) is 4.62. The zero-order valence-electron chi connectivity index (χ0n) is 28.5. The Balaban J connectivity index is 1.31. The highest BCUT2D eigenvalue weighted by atomic mass is 15.1. The zero-order valence-corrected chi connectivity index (χ0v) is 24.5. The Bertz CT molecular complexity index is 2460. The monoisotopic (exact) mass is 577 g/mol. The van der Waals surface area contributed by atoms with Gasteiger partial charge in [0.1, 0.15) is 0 Å². The molecule has 0 saturated carbocycles. The number of hydrogen-bond donors (Lipinski definition) is 0. The smallest absolute Gasteiger partial charge is 0.0645 e. The van der Waals surface area contributed by atoms with E-state index in [9.17, 15) is 2.74 Å². The van der Waals surface area contributed by atoms with Crippen LogP contribution >= 0.6 is 0 Å². The lowest BCUT2D eigenvalue weighted by Crippen LogP contribution is -2.10. The fourth-order valence-corrected chi connectivity index (χ4v) is 6.04. The van der Waals surface area contributed by atoms with Crippen molar-refractivity contribution in [2.75, 3.05) is 4.90 Å². The number of fused-ring (bicyclic) bond motifs is 2. The summed E-state index contributed by atoms with van der Waals surface area (Å²) >= 11 is 0. The van der Waals surface area contributed by atoms with Crippen LogP contribution in [0.2, 0.25) is 0 Å². The summed E-state index contributed by atoms with van der Waals surface area (Å²) in [7, 11) is 0. The summed E-state index contributed by atoms with van der Waals surface area (Å²) in [5.41, 5.74) is 6.79. The normalized spacial score (nSPS) is 12.4. The zero-order chi connectivity index (χ0) is 33.5. The molecule has 8 aromatic rings. The van der Waals surface area contributed by atoms with Gasteiger partial charge in [0.05, 0.1) is 5.48 Å². The van der Waals surface area contributed by atoms with Crippen molar-refractivity contribution in [3.63, 3.8) is 0 Å². The van der Waals surface area contributed by atoms with E-state index in [4.69, 9.17) is 2.74 Å². The second-order valence-corrected chi connectivity index (χ2v) is 11.1. The van der Waals surface area contributed by atoms with Crippen LogP contribution in [0.15, 0.2) is 188 Å². The van der Waals surface area contributed by atoms with Gasteiger partial charge in [0, 0.05) is 17.1 Å². The van der Waals surface area contributed by atoms with E-state index in [2.05, 4.69) is 84.9 Å². The molecule has 0 aliphatic carbocycles. The number of nitrogens with zero attached hydrogens (tertiary/aromatic N) is 1. The summed E-state index contributed by atoms with van der Waals surface area (Å²) in [4.78, 5) is 1.86. The fraction of sp³-hybridized carbons (Fsp3) is 0. The van der Waals surface area contributed by atoms with Crippen molar-refractivity contribution < 1.29 is 5.48 Å². The van der Waals surface area contributed by atoms with Gasteiger partial charge in [0.2, 0.25) is 0 Å². The van der Waals surface area contributed by atoms with E-state index < -0.39 is 0 Å². The maximum atomic E-state index is 9.30. The second kappa shape index (κ2) is 11.6. The van der Waals surface area contributed by atoms with E-state index in [1.807, 2.05) is 83.8 Å². The van der Waals surface area contributed by atoms with Crippen molar-refractivity contribution in [2.45, 2.75) is 0 Å². The first kappa shape index (κ1) is 22.6. The lowest BCUT2D eigenvalue weighted by molar-refractivity contribution is 1.28. The van der Waals surface area contributed by atoms with E-state index in [1.165, 1.54) is 5.39 Å². The number of rotatable bonds is 6. The van der Waals surface area contributed by atoms with Crippen LogP contribution in [0.5, 0.6) is 0 Å². The molecule has 0 fully saturated rings. The molecule has 0 saturated heterocycles. The molecule has 0 aliphatic rings. The van der Waals surface area contributed by atoms with Crippen molar-refractivity contribution in [3.8, 4) is 33.4 Å². The quantitative estimate of drug-likeness (QED) is 0.190. The van der Waals surface area contributed by atoms with E-state index in [0.29, 0.717) is 5.56 Å². The molecule has 0 unspecified atom stereocenters.